The summed E-state index contributed by atoms with van der Waals surface area (Å²) in [5.41, 5.74) is 0. The Morgan fingerprint density at radius 3 is 2.95 bits per heavy atom. The van der Waals surface area contributed by atoms with Gasteiger partial charge in [0.2, 0.25) is 10.0 Å². The summed E-state index contributed by atoms with van der Waals surface area (Å²) in [5.74, 6) is -0.264. The molecule has 1 aromatic heterocycles. The Kier molecular flexibility index (Phi) is 4.92. The topological polar surface area (TPSA) is 50.3 Å². The van der Waals surface area contributed by atoms with E-state index in [0.29, 0.717) is 19.0 Å². The van der Waals surface area contributed by atoms with Gasteiger partial charge in [0.05, 0.1) is 6.20 Å². The third-order valence-corrected chi connectivity index (χ3v) is 5.60. The highest BCUT2D eigenvalue weighted by Gasteiger charge is 2.30. The van der Waals surface area contributed by atoms with E-state index >= 15 is 0 Å². The fraction of sp³-hybridized carbons (Fsp3) is 0.583. The summed E-state index contributed by atoms with van der Waals surface area (Å²) in [6.07, 6.45) is 5.04. The van der Waals surface area contributed by atoms with Crippen molar-refractivity contribution in [3.8, 4) is 0 Å². The maximum atomic E-state index is 13.1. The molecular formula is C12H16BrFN2O2S. The van der Waals surface area contributed by atoms with Gasteiger partial charge >= 0.3 is 0 Å². The third-order valence-electron chi connectivity index (χ3n) is 3.32. The minimum atomic E-state index is -3.62. The molecular weight excluding hydrogens is 335 g/mol. The Morgan fingerprint density at radius 2 is 2.26 bits per heavy atom. The zero-order valence-corrected chi connectivity index (χ0v) is 12.8. The van der Waals surface area contributed by atoms with Crippen molar-refractivity contribution in [3.05, 3.63) is 24.3 Å². The maximum Gasteiger partial charge on any atom is 0.244 e. The largest absolute Gasteiger partial charge is 0.260 e. The Hall–Kier alpha value is -0.530. The molecule has 2 heterocycles. The fourth-order valence-corrected chi connectivity index (χ4v) is 4.50. The van der Waals surface area contributed by atoms with Crippen LogP contribution in [-0.4, -0.2) is 36.1 Å². The molecule has 1 fully saturated rings. The van der Waals surface area contributed by atoms with Crippen molar-refractivity contribution >= 4 is 26.0 Å². The Bertz CT molecular complexity index is 536. The van der Waals surface area contributed by atoms with Crippen LogP contribution in [0.3, 0.4) is 0 Å². The van der Waals surface area contributed by atoms with Crippen LogP contribution in [0.2, 0.25) is 0 Å². The van der Waals surface area contributed by atoms with Crippen LogP contribution in [0.1, 0.15) is 19.3 Å². The van der Waals surface area contributed by atoms with Gasteiger partial charge in [0, 0.05) is 24.6 Å². The maximum absolute atomic E-state index is 13.1. The van der Waals surface area contributed by atoms with Gasteiger partial charge in [-0.05, 0) is 31.2 Å². The molecule has 1 aromatic rings. The van der Waals surface area contributed by atoms with Crippen molar-refractivity contribution in [2.45, 2.75) is 24.2 Å². The van der Waals surface area contributed by atoms with Gasteiger partial charge in [-0.15, -0.1) is 0 Å². The van der Waals surface area contributed by atoms with E-state index < -0.39 is 15.8 Å². The van der Waals surface area contributed by atoms with Crippen LogP contribution in [0.5, 0.6) is 0 Å². The molecule has 1 unspecified atom stereocenters. The predicted octanol–water partition coefficient (Wildman–Crippen LogP) is 2.41. The molecule has 1 atom stereocenters. The lowest BCUT2D eigenvalue weighted by Gasteiger charge is -2.31. The standard InChI is InChI=1S/C12H16BrFN2O2S/c13-4-3-10-2-1-5-16(9-10)19(17,18)12-6-11(14)7-15-8-12/h6-8,10H,1-5,9H2. The van der Waals surface area contributed by atoms with E-state index in [2.05, 4.69) is 20.9 Å². The summed E-state index contributed by atoms with van der Waals surface area (Å²) in [6.45, 7) is 1.00. The normalized spacial score (nSPS) is 21.5. The van der Waals surface area contributed by atoms with Crippen molar-refractivity contribution in [3.63, 3.8) is 0 Å². The Balaban J connectivity index is 2.19. The lowest BCUT2D eigenvalue weighted by molar-refractivity contribution is 0.263. The number of pyridine rings is 1. The van der Waals surface area contributed by atoms with E-state index in [1.165, 1.54) is 10.5 Å². The number of piperidine rings is 1. The minimum Gasteiger partial charge on any atom is -0.260 e. The van der Waals surface area contributed by atoms with Gasteiger partial charge in [-0.1, -0.05) is 15.9 Å². The summed E-state index contributed by atoms with van der Waals surface area (Å²) in [4.78, 5) is 3.55. The minimum absolute atomic E-state index is 0.0630. The molecule has 1 aliphatic heterocycles. The summed E-state index contributed by atoms with van der Waals surface area (Å²) in [6, 6.07) is 1.02. The molecule has 19 heavy (non-hydrogen) atoms. The van der Waals surface area contributed by atoms with Crippen LogP contribution in [0, 0.1) is 11.7 Å². The first-order valence-electron chi connectivity index (χ1n) is 6.20. The molecule has 0 spiro atoms. The van der Waals surface area contributed by atoms with Crippen LogP contribution < -0.4 is 0 Å². The molecule has 7 heteroatoms. The summed E-state index contributed by atoms with van der Waals surface area (Å²) < 4.78 is 39.3. The number of halogens is 2. The second-order valence-corrected chi connectivity index (χ2v) is 7.42. The lowest BCUT2D eigenvalue weighted by Crippen LogP contribution is -2.40. The van der Waals surface area contributed by atoms with Gasteiger partial charge in [0.25, 0.3) is 0 Å². The SMILES string of the molecule is O=S(=O)(c1cncc(F)c1)N1CCCC(CCBr)C1. The van der Waals surface area contributed by atoms with Gasteiger partial charge < -0.3 is 0 Å². The molecule has 1 aliphatic rings. The second-order valence-electron chi connectivity index (χ2n) is 4.69. The average Bonchev–Trinajstić information content (AvgIpc) is 2.39. The van der Waals surface area contributed by atoms with Crippen LogP contribution >= 0.6 is 15.9 Å². The van der Waals surface area contributed by atoms with Crippen LogP contribution in [0.15, 0.2) is 23.4 Å². The van der Waals surface area contributed by atoms with E-state index in [0.717, 1.165) is 36.9 Å². The monoisotopic (exact) mass is 350 g/mol. The number of sulfonamides is 1. The van der Waals surface area contributed by atoms with Crippen LogP contribution in [-0.2, 0) is 10.0 Å². The highest BCUT2D eigenvalue weighted by atomic mass is 79.9. The average molecular weight is 351 g/mol. The smallest absolute Gasteiger partial charge is 0.244 e. The first-order chi connectivity index (χ1) is 9.04. The lowest BCUT2D eigenvalue weighted by atomic mass is 9.97. The van der Waals surface area contributed by atoms with Crippen molar-refractivity contribution < 1.29 is 12.8 Å². The van der Waals surface area contributed by atoms with Crippen LogP contribution in [0.25, 0.3) is 0 Å². The Morgan fingerprint density at radius 1 is 1.47 bits per heavy atom. The number of hydrogen-bond acceptors (Lipinski definition) is 3. The zero-order valence-electron chi connectivity index (χ0n) is 10.4. The number of nitrogens with zero attached hydrogens (tertiary/aromatic N) is 2. The fourth-order valence-electron chi connectivity index (χ4n) is 2.32. The molecule has 0 bridgehead atoms. The molecule has 106 valence electrons. The molecule has 0 aliphatic carbocycles. The number of rotatable bonds is 4. The zero-order chi connectivity index (χ0) is 13.9. The van der Waals surface area contributed by atoms with E-state index in [4.69, 9.17) is 0 Å². The molecule has 4 nitrogen and oxygen atoms in total. The van der Waals surface area contributed by atoms with Gasteiger partial charge in [-0.2, -0.15) is 4.31 Å². The quantitative estimate of drug-likeness (QED) is 0.783. The van der Waals surface area contributed by atoms with E-state index in [1.54, 1.807) is 0 Å². The summed E-state index contributed by atoms with van der Waals surface area (Å²) in [7, 11) is -3.62. The van der Waals surface area contributed by atoms with Crippen molar-refractivity contribution in [2.75, 3.05) is 18.4 Å². The molecule has 0 saturated carbocycles. The first-order valence-corrected chi connectivity index (χ1v) is 8.77. The molecule has 0 radical (unpaired) electrons. The van der Waals surface area contributed by atoms with Crippen molar-refractivity contribution in [1.29, 1.82) is 0 Å². The van der Waals surface area contributed by atoms with Crippen molar-refractivity contribution in [2.24, 2.45) is 5.92 Å². The van der Waals surface area contributed by atoms with E-state index in [9.17, 15) is 12.8 Å². The van der Waals surface area contributed by atoms with Crippen LogP contribution in [0.4, 0.5) is 4.39 Å². The number of hydrogen-bond donors (Lipinski definition) is 0. The molecule has 1 saturated heterocycles. The van der Waals surface area contributed by atoms with Crippen molar-refractivity contribution in [1.82, 2.24) is 9.29 Å². The second kappa shape index (κ2) is 6.28. The summed E-state index contributed by atoms with van der Waals surface area (Å²) >= 11 is 3.38. The van der Waals surface area contributed by atoms with Gasteiger partial charge in [-0.25, -0.2) is 12.8 Å². The highest BCUT2D eigenvalue weighted by Crippen LogP contribution is 2.25. The molecule has 2 rings (SSSR count). The number of aromatic nitrogens is 1. The first kappa shape index (κ1) is 14.9. The third kappa shape index (κ3) is 3.52. The molecule has 0 amide bonds. The summed E-state index contributed by atoms with van der Waals surface area (Å²) in [5, 5.41) is 0.868. The highest BCUT2D eigenvalue weighted by molar-refractivity contribution is 9.09. The molecule has 0 N–H and O–H groups in total. The van der Waals surface area contributed by atoms with Gasteiger partial charge in [-0.3, -0.25) is 4.98 Å². The van der Waals surface area contributed by atoms with E-state index in [1.807, 2.05) is 0 Å². The predicted molar refractivity (Wildman–Crippen MR) is 74.1 cm³/mol. The van der Waals surface area contributed by atoms with Gasteiger partial charge in [0.1, 0.15) is 10.7 Å². The van der Waals surface area contributed by atoms with E-state index in [-0.39, 0.29) is 4.90 Å². The molecule has 0 aromatic carbocycles. The number of alkyl halides is 1. The Labute approximate surface area is 121 Å². The van der Waals surface area contributed by atoms with Gasteiger partial charge in [0.15, 0.2) is 0 Å².